The first kappa shape index (κ1) is 16.7. The molecule has 0 amide bonds. The normalized spacial score (nSPS) is 14.4. The summed E-state index contributed by atoms with van der Waals surface area (Å²) >= 11 is 0. The van der Waals surface area contributed by atoms with E-state index in [0.29, 0.717) is 12.5 Å². The van der Waals surface area contributed by atoms with Crippen LogP contribution in [0, 0.1) is 0 Å². The molecule has 2 heterocycles. The number of anilines is 2. The van der Waals surface area contributed by atoms with E-state index in [9.17, 15) is 5.11 Å². The van der Waals surface area contributed by atoms with Gasteiger partial charge in [-0.2, -0.15) is 4.98 Å². The van der Waals surface area contributed by atoms with Gasteiger partial charge in [0.05, 0.1) is 12.2 Å². The van der Waals surface area contributed by atoms with Crippen molar-refractivity contribution in [1.29, 1.82) is 0 Å². The van der Waals surface area contributed by atoms with E-state index in [1.54, 1.807) is 6.20 Å². The Morgan fingerprint density at radius 2 is 2.08 bits per heavy atom. The van der Waals surface area contributed by atoms with Crippen molar-refractivity contribution in [3.05, 3.63) is 47.2 Å². The Labute approximate surface area is 142 Å². The first-order valence-corrected chi connectivity index (χ1v) is 8.25. The molecule has 0 unspecified atom stereocenters. The van der Waals surface area contributed by atoms with E-state index in [4.69, 9.17) is 5.11 Å². The Bertz CT molecular complexity index is 712. The van der Waals surface area contributed by atoms with Crippen molar-refractivity contribution in [2.45, 2.75) is 32.4 Å². The molecule has 0 spiro atoms. The van der Waals surface area contributed by atoms with Gasteiger partial charge in [-0.3, -0.25) is 0 Å². The number of benzene rings is 1. The number of aromatic nitrogens is 2. The van der Waals surface area contributed by atoms with Crippen LogP contribution in [0.1, 0.15) is 30.5 Å². The summed E-state index contributed by atoms with van der Waals surface area (Å²) in [4.78, 5) is 10.9. The van der Waals surface area contributed by atoms with Gasteiger partial charge in [-0.05, 0) is 43.0 Å². The lowest BCUT2D eigenvalue weighted by atomic mass is 9.91. The monoisotopic (exact) mass is 328 g/mol. The fraction of sp³-hybridized carbons (Fsp3) is 0.444. The third kappa shape index (κ3) is 3.66. The summed E-state index contributed by atoms with van der Waals surface area (Å²) in [5.41, 5.74) is 2.69. The molecular formula is C18H24N4O2. The quantitative estimate of drug-likeness (QED) is 0.775. The molecule has 0 atom stereocenters. The SMILES string of the molecule is CC(C)(O)c1ccc2c(c1)CCN(c1ccnc(NCCO)n1)C2. The average Bonchev–Trinajstić information content (AvgIpc) is 2.58. The van der Waals surface area contributed by atoms with Crippen molar-refractivity contribution < 1.29 is 10.2 Å². The number of nitrogens with one attached hydrogen (secondary N) is 1. The third-order valence-electron chi connectivity index (χ3n) is 4.28. The number of rotatable bonds is 5. The van der Waals surface area contributed by atoms with Gasteiger partial charge in [0.15, 0.2) is 0 Å². The number of nitrogens with zero attached hydrogens (tertiary/aromatic N) is 3. The number of aliphatic hydroxyl groups excluding tert-OH is 1. The van der Waals surface area contributed by atoms with E-state index < -0.39 is 5.60 Å². The lowest BCUT2D eigenvalue weighted by molar-refractivity contribution is 0.0785. The highest BCUT2D eigenvalue weighted by atomic mass is 16.3. The maximum Gasteiger partial charge on any atom is 0.224 e. The zero-order valence-electron chi connectivity index (χ0n) is 14.2. The molecule has 1 aromatic heterocycles. The summed E-state index contributed by atoms with van der Waals surface area (Å²) in [5, 5.41) is 22.0. The maximum atomic E-state index is 10.2. The van der Waals surface area contributed by atoms with Crippen LogP contribution >= 0.6 is 0 Å². The van der Waals surface area contributed by atoms with E-state index in [0.717, 1.165) is 30.9 Å². The van der Waals surface area contributed by atoms with Crippen molar-refractivity contribution in [3.8, 4) is 0 Å². The van der Waals surface area contributed by atoms with E-state index in [1.165, 1.54) is 11.1 Å². The van der Waals surface area contributed by atoms with E-state index in [2.05, 4.69) is 32.3 Å². The molecule has 0 aliphatic carbocycles. The van der Waals surface area contributed by atoms with Crippen molar-refractivity contribution in [1.82, 2.24) is 9.97 Å². The molecule has 24 heavy (non-hydrogen) atoms. The molecule has 3 N–H and O–H groups in total. The molecule has 0 bridgehead atoms. The van der Waals surface area contributed by atoms with Gasteiger partial charge in [-0.25, -0.2) is 4.98 Å². The van der Waals surface area contributed by atoms with Crippen LogP contribution in [0.25, 0.3) is 0 Å². The summed E-state index contributed by atoms with van der Waals surface area (Å²) in [6.45, 7) is 5.77. The average molecular weight is 328 g/mol. The minimum absolute atomic E-state index is 0.0498. The molecule has 0 saturated heterocycles. The topological polar surface area (TPSA) is 81.5 Å². The fourth-order valence-electron chi connectivity index (χ4n) is 2.91. The highest BCUT2D eigenvalue weighted by Gasteiger charge is 2.22. The molecule has 1 aromatic carbocycles. The lowest BCUT2D eigenvalue weighted by Crippen LogP contribution is -2.31. The second-order valence-corrected chi connectivity index (χ2v) is 6.60. The molecule has 0 fully saturated rings. The summed E-state index contributed by atoms with van der Waals surface area (Å²) < 4.78 is 0. The first-order chi connectivity index (χ1) is 11.5. The summed E-state index contributed by atoms with van der Waals surface area (Å²) in [6, 6.07) is 8.11. The van der Waals surface area contributed by atoms with Gasteiger partial charge in [0, 0.05) is 25.8 Å². The van der Waals surface area contributed by atoms with Crippen LogP contribution in [0.2, 0.25) is 0 Å². The summed E-state index contributed by atoms with van der Waals surface area (Å²) in [6.07, 6.45) is 2.65. The van der Waals surface area contributed by atoms with Crippen LogP contribution in [0.15, 0.2) is 30.5 Å². The molecule has 6 nitrogen and oxygen atoms in total. The predicted molar refractivity (Wildman–Crippen MR) is 94.0 cm³/mol. The van der Waals surface area contributed by atoms with Gasteiger partial charge < -0.3 is 20.4 Å². The molecule has 3 rings (SSSR count). The zero-order valence-corrected chi connectivity index (χ0v) is 14.2. The van der Waals surface area contributed by atoms with E-state index >= 15 is 0 Å². The molecule has 1 aliphatic heterocycles. The number of hydrogen-bond acceptors (Lipinski definition) is 6. The Morgan fingerprint density at radius 3 is 2.83 bits per heavy atom. The van der Waals surface area contributed by atoms with Crippen molar-refractivity contribution in [2.24, 2.45) is 0 Å². The number of hydrogen-bond donors (Lipinski definition) is 3. The van der Waals surface area contributed by atoms with Gasteiger partial charge in [-0.15, -0.1) is 0 Å². The minimum Gasteiger partial charge on any atom is -0.395 e. The smallest absolute Gasteiger partial charge is 0.224 e. The van der Waals surface area contributed by atoms with Crippen LogP contribution in [0.3, 0.4) is 0 Å². The maximum absolute atomic E-state index is 10.2. The molecule has 6 heteroatoms. The van der Waals surface area contributed by atoms with Gasteiger partial charge in [0.25, 0.3) is 0 Å². The Kier molecular flexibility index (Phi) is 4.69. The highest BCUT2D eigenvalue weighted by Crippen LogP contribution is 2.28. The van der Waals surface area contributed by atoms with Crippen LogP contribution in [0.4, 0.5) is 11.8 Å². The van der Waals surface area contributed by atoms with Crippen LogP contribution < -0.4 is 10.2 Å². The molecule has 0 saturated carbocycles. The number of fused-ring (bicyclic) bond motifs is 1. The molecule has 128 valence electrons. The summed E-state index contributed by atoms with van der Waals surface area (Å²) in [7, 11) is 0. The van der Waals surface area contributed by atoms with Crippen molar-refractivity contribution >= 4 is 11.8 Å². The second-order valence-electron chi connectivity index (χ2n) is 6.60. The van der Waals surface area contributed by atoms with E-state index in [-0.39, 0.29) is 6.61 Å². The molecule has 0 radical (unpaired) electrons. The van der Waals surface area contributed by atoms with Crippen molar-refractivity contribution in [2.75, 3.05) is 29.9 Å². The van der Waals surface area contributed by atoms with Gasteiger partial charge >= 0.3 is 0 Å². The van der Waals surface area contributed by atoms with E-state index in [1.807, 2.05) is 26.0 Å². The predicted octanol–water partition coefficient (Wildman–Crippen LogP) is 1.67. The van der Waals surface area contributed by atoms with Gasteiger partial charge in [0.1, 0.15) is 5.82 Å². The second kappa shape index (κ2) is 6.75. The van der Waals surface area contributed by atoms with Gasteiger partial charge in [-0.1, -0.05) is 18.2 Å². The number of aliphatic hydroxyl groups is 2. The lowest BCUT2D eigenvalue weighted by Gasteiger charge is -2.31. The van der Waals surface area contributed by atoms with Crippen LogP contribution in [0.5, 0.6) is 0 Å². The third-order valence-corrected chi connectivity index (χ3v) is 4.28. The first-order valence-electron chi connectivity index (χ1n) is 8.25. The van der Waals surface area contributed by atoms with Crippen LogP contribution in [-0.2, 0) is 18.6 Å². The Morgan fingerprint density at radius 1 is 1.25 bits per heavy atom. The fourth-order valence-corrected chi connectivity index (χ4v) is 2.91. The van der Waals surface area contributed by atoms with Gasteiger partial charge in [0.2, 0.25) is 5.95 Å². The van der Waals surface area contributed by atoms with Crippen molar-refractivity contribution in [3.63, 3.8) is 0 Å². The summed E-state index contributed by atoms with van der Waals surface area (Å²) in [5.74, 6) is 1.41. The molecular weight excluding hydrogens is 304 g/mol. The zero-order chi connectivity index (χ0) is 17.2. The van der Waals surface area contributed by atoms with Crippen LogP contribution in [-0.4, -0.2) is 39.9 Å². The molecule has 2 aromatic rings. The molecule has 1 aliphatic rings. The Balaban J connectivity index is 1.78. The standard InChI is InChI=1S/C18H24N4O2/c1-18(2,24)15-4-3-14-12-22(9-6-13(14)11-15)16-5-7-19-17(21-16)20-8-10-23/h3-5,7,11,23-24H,6,8-10,12H2,1-2H3,(H,19,20,21). The minimum atomic E-state index is -0.813. The largest absolute Gasteiger partial charge is 0.395 e. The highest BCUT2D eigenvalue weighted by molar-refractivity contribution is 5.47. The Hall–Kier alpha value is -2.18.